The number of amides is 1. The molecule has 3 nitrogen and oxygen atoms in total. The number of allylic oxidation sites excluding steroid dienone is 1. The minimum absolute atomic E-state index is 0.244. The van der Waals surface area contributed by atoms with Crippen molar-refractivity contribution in [3.05, 3.63) is 64.9 Å². The van der Waals surface area contributed by atoms with Crippen molar-refractivity contribution in [2.24, 2.45) is 11.1 Å². The van der Waals surface area contributed by atoms with Gasteiger partial charge in [0.25, 0.3) is 0 Å². The van der Waals surface area contributed by atoms with Gasteiger partial charge in [0.15, 0.2) is 0 Å². The summed E-state index contributed by atoms with van der Waals surface area (Å²) in [5, 5.41) is 11.5. The van der Waals surface area contributed by atoms with Crippen LogP contribution in [-0.4, -0.2) is 5.91 Å². The van der Waals surface area contributed by atoms with Gasteiger partial charge in [0.2, 0.25) is 5.91 Å². The van der Waals surface area contributed by atoms with Crippen molar-refractivity contribution in [2.75, 3.05) is 0 Å². The number of nitrogens with two attached hydrogens (primary N) is 1. The second kappa shape index (κ2) is 6.38. The molecule has 1 amide bonds. The summed E-state index contributed by atoms with van der Waals surface area (Å²) in [5.74, 6) is -0.605. The highest BCUT2D eigenvalue weighted by Crippen LogP contribution is 2.34. The zero-order valence-electron chi connectivity index (χ0n) is 11.6. The summed E-state index contributed by atoms with van der Waals surface area (Å²) in [6, 6.07) is 15.4. The van der Waals surface area contributed by atoms with Crippen LogP contribution in [0.25, 0.3) is 5.57 Å². The van der Waals surface area contributed by atoms with Crippen LogP contribution in [0.1, 0.15) is 16.9 Å². The maximum atomic E-state index is 11.9. The molecule has 0 fully saturated rings. The lowest BCUT2D eigenvalue weighted by molar-refractivity contribution is -0.124. The monoisotopic (exact) mass is 296 g/mol. The smallest absolute Gasteiger partial charge is 0.238 e. The highest BCUT2D eigenvalue weighted by atomic mass is 32.1. The first-order chi connectivity index (χ1) is 10.1. The number of primary amides is 1. The van der Waals surface area contributed by atoms with Crippen molar-refractivity contribution < 1.29 is 4.79 Å². The Labute approximate surface area is 128 Å². The van der Waals surface area contributed by atoms with Crippen molar-refractivity contribution in [3.63, 3.8) is 0 Å². The van der Waals surface area contributed by atoms with Crippen molar-refractivity contribution >= 4 is 22.8 Å². The van der Waals surface area contributed by atoms with E-state index in [1.54, 1.807) is 0 Å². The summed E-state index contributed by atoms with van der Waals surface area (Å²) in [6.45, 7) is 4.01. The van der Waals surface area contributed by atoms with E-state index in [0.717, 1.165) is 16.0 Å². The molecule has 0 bridgehead atoms. The van der Waals surface area contributed by atoms with Crippen LogP contribution in [0, 0.1) is 16.7 Å². The van der Waals surface area contributed by atoms with Gasteiger partial charge in [-0.15, -0.1) is 11.3 Å². The summed E-state index contributed by atoms with van der Waals surface area (Å²) >= 11 is 1.54. The molecule has 0 aliphatic heterocycles. The van der Waals surface area contributed by atoms with Crippen LogP contribution < -0.4 is 5.73 Å². The number of thiophene rings is 1. The second-order valence-corrected chi connectivity index (χ2v) is 5.93. The maximum absolute atomic E-state index is 11.9. The van der Waals surface area contributed by atoms with Gasteiger partial charge in [-0.1, -0.05) is 43.0 Å². The lowest BCUT2D eigenvalue weighted by atomic mass is 9.77. The third-order valence-corrected chi connectivity index (χ3v) is 4.39. The molecule has 4 heteroatoms. The average Bonchev–Trinajstić information content (AvgIpc) is 3.01. The minimum Gasteiger partial charge on any atom is -0.368 e. The summed E-state index contributed by atoms with van der Waals surface area (Å²) in [6.07, 6.45) is 0.540. The average molecular weight is 296 g/mol. The highest BCUT2D eigenvalue weighted by molar-refractivity contribution is 7.11. The number of rotatable bonds is 6. The van der Waals surface area contributed by atoms with E-state index in [4.69, 9.17) is 5.73 Å². The molecule has 0 spiro atoms. The van der Waals surface area contributed by atoms with Gasteiger partial charge in [-0.25, -0.2) is 0 Å². The minimum atomic E-state index is -1.26. The topological polar surface area (TPSA) is 66.9 Å². The molecule has 1 aromatic heterocycles. The van der Waals surface area contributed by atoms with Crippen LogP contribution in [0.15, 0.2) is 54.4 Å². The molecule has 0 saturated carbocycles. The van der Waals surface area contributed by atoms with Gasteiger partial charge in [-0.3, -0.25) is 4.79 Å². The van der Waals surface area contributed by atoms with Gasteiger partial charge in [0, 0.05) is 17.7 Å². The van der Waals surface area contributed by atoms with Crippen LogP contribution in [0.4, 0.5) is 0 Å². The van der Waals surface area contributed by atoms with E-state index in [9.17, 15) is 10.1 Å². The fraction of sp³-hybridized carbons (Fsp3) is 0.176. The number of carbonyl (C=O) groups excluding carboxylic acids is 1. The Bertz CT molecular complexity index is 671. The summed E-state index contributed by atoms with van der Waals surface area (Å²) in [7, 11) is 0. The molecule has 1 unspecified atom stereocenters. The van der Waals surface area contributed by atoms with Crippen LogP contribution in [0.5, 0.6) is 0 Å². The van der Waals surface area contributed by atoms with E-state index in [0.29, 0.717) is 6.42 Å². The Morgan fingerprint density at radius 2 is 2.00 bits per heavy atom. The molecule has 106 valence electrons. The molecule has 2 N–H and O–H groups in total. The number of hydrogen-bond acceptors (Lipinski definition) is 3. The van der Waals surface area contributed by atoms with Gasteiger partial charge in [0.1, 0.15) is 5.41 Å². The molecule has 1 atom stereocenters. The predicted molar refractivity (Wildman–Crippen MR) is 85.4 cm³/mol. The van der Waals surface area contributed by atoms with E-state index in [1.165, 1.54) is 11.3 Å². The van der Waals surface area contributed by atoms with Crippen molar-refractivity contribution in [1.29, 1.82) is 5.26 Å². The van der Waals surface area contributed by atoms with Gasteiger partial charge in [0.05, 0.1) is 6.07 Å². The summed E-state index contributed by atoms with van der Waals surface area (Å²) in [5.41, 5.74) is 5.95. The Kier molecular flexibility index (Phi) is 4.56. The third-order valence-electron chi connectivity index (χ3n) is 3.42. The first kappa shape index (κ1) is 15.0. The number of benzene rings is 1. The Hall–Kier alpha value is -2.38. The van der Waals surface area contributed by atoms with Crippen molar-refractivity contribution in [2.45, 2.75) is 12.8 Å². The fourth-order valence-electron chi connectivity index (χ4n) is 2.25. The molecular formula is C17H16N2OS. The number of nitrogens with zero attached hydrogens (tertiary/aromatic N) is 1. The van der Waals surface area contributed by atoms with E-state index in [-0.39, 0.29) is 6.42 Å². The van der Waals surface area contributed by atoms with Crippen LogP contribution in [0.2, 0.25) is 0 Å². The number of carbonyl (C=O) groups is 1. The zero-order valence-corrected chi connectivity index (χ0v) is 12.4. The van der Waals surface area contributed by atoms with Gasteiger partial charge in [-0.05, 0) is 22.6 Å². The Morgan fingerprint density at radius 1 is 1.29 bits per heavy atom. The van der Waals surface area contributed by atoms with Crippen molar-refractivity contribution in [3.8, 4) is 6.07 Å². The molecule has 1 heterocycles. The summed E-state index contributed by atoms with van der Waals surface area (Å²) < 4.78 is 0. The predicted octanol–water partition coefficient (Wildman–Crippen LogP) is 3.39. The second-order valence-electron chi connectivity index (χ2n) is 4.98. The SMILES string of the molecule is C=C(CC(C#N)(Cc1ccccc1)C(N)=O)c1cccs1. The number of hydrogen-bond donors (Lipinski definition) is 1. The van der Waals surface area contributed by atoms with E-state index < -0.39 is 11.3 Å². The van der Waals surface area contributed by atoms with Gasteiger partial charge < -0.3 is 5.73 Å². The zero-order chi connectivity index (χ0) is 15.3. The van der Waals surface area contributed by atoms with E-state index in [2.05, 4.69) is 12.6 Å². The third kappa shape index (κ3) is 3.39. The lowest BCUT2D eigenvalue weighted by Crippen LogP contribution is -2.38. The number of nitriles is 1. The highest BCUT2D eigenvalue weighted by Gasteiger charge is 2.38. The molecule has 1 aromatic carbocycles. The Morgan fingerprint density at radius 3 is 2.52 bits per heavy atom. The first-order valence-electron chi connectivity index (χ1n) is 6.54. The molecule has 0 aliphatic carbocycles. The molecule has 0 aliphatic rings. The standard InChI is InChI=1S/C17H16N2OS/c1-13(15-8-5-9-21-15)10-17(12-18,16(19)20)11-14-6-3-2-4-7-14/h2-9H,1,10-11H2,(H2,19,20). The molecule has 21 heavy (non-hydrogen) atoms. The largest absolute Gasteiger partial charge is 0.368 e. The normalized spacial score (nSPS) is 13.1. The van der Waals surface area contributed by atoms with Crippen LogP contribution >= 0.6 is 11.3 Å². The van der Waals surface area contributed by atoms with Gasteiger partial charge in [-0.2, -0.15) is 5.26 Å². The molecule has 0 radical (unpaired) electrons. The molecule has 0 saturated heterocycles. The van der Waals surface area contributed by atoms with Gasteiger partial charge >= 0.3 is 0 Å². The van der Waals surface area contributed by atoms with E-state index >= 15 is 0 Å². The molecule has 2 rings (SSSR count). The summed E-state index contributed by atoms with van der Waals surface area (Å²) in [4.78, 5) is 12.9. The molecule has 2 aromatic rings. The first-order valence-corrected chi connectivity index (χ1v) is 7.42. The van der Waals surface area contributed by atoms with Crippen LogP contribution in [-0.2, 0) is 11.2 Å². The fourth-order valence-corrected chi connectivity index (χ4v) is 2.95. The van der Waals surface area contributed by atoms with E-state index in [1.807, 2.05) is 47.8 Å². The quantitative estimate of drug-likeness (QED) is 0.887. The Balaban J connectivity index is 2.28. The molecular weight excluding hydrogens is 280 g/mol. The van der Waals surface area contributed by atoms with Crippen molar-refractivity contribution in [1.82, 2.24) is 0 Å². The van der Waals surface area contributed by atoms with Crippen LogP contribution in [0.3, 0.4) is 0 Å². The maximum Gasteiger partial charge on any atom is 0.238 e. The lowest BCUT2D eigenvalue weighted by Gasteiger charge is -2.24.